The number of benzene rings is 2. The van der Waals surface area contributed by atoms with Crippen molar-refractivity contribution in [2.45, 2.75) is 39.7 Å². The van der Waals surface area contributed by atoms with E-state index in [0.29, 0.717) is 10.0 Å². The molecule has 1 heterocycles. The van der Waals surface area contributed by atoms with E-state index in [9.17, 15) is 9.90 Å². The fourth-order valence-corrected chi connectivity index (χ4v) is 3.73. The van der Waals surface area contributed by atoms with Gasteiger partial charge in [0.25, 0.3) is 0 Å². The normalized spacial score (nSPS) is 11.7. The summed E-state index contributed by atoms with van der Waals surface area (Å²) in [6.07, 6.45) is 0.0556. The summed E-state index contributed by atoms with van der Waals surface area (Å²) < 4.78 is 5.28. The Morgan fingerprint density at radius 3 is 2.52 bits per heavy atom. The highest BCUT2D eigenvalue weighted by Crippen LogP contribution is 2.39. The van der Waals surface area contributed by atoms with E-state index in [0.717, 1.165) is 38.9 Å². The number of aryl methyl sites for hydroxylation is 2. The lowest BCUT2D eigenvalue weighted by Crippen LogP contribution is -2.28. The molecule has 0 aliphatic heterocycles. The first-order valence-electron chi connectivity index (χ1n) is 9.28. The molecule has 0 fully saturated rings. The van der Waals surface area contributed by atoms with Gasteiger partial charge in [-0.05, 0) is 68.7 Å². The molecule has 3 rings (SSSR count). The highest BCUT2D eigenvalue weighted by Gasteiger charge is 2.21. The smallest absolute Gasteiger partial charge is 0.310 e. The summed E-state index contributed by atoms with van der Waals surface area (Å²) in [4.78, 5) is 17.2. The van der Waals surface area contributed by atoms with Crippen LogP contribution in [0.3, 0.4) is 0 Å². The average molecular weight is 432 g/mol. The molecule has 0 unspecified atom stereocenters. The average Bonchev–Trinajstić information content (AvgIpc) is 2.61. The van der Waals surface area contributed by atoms with Crippen molar-refractivity contribution in [3.8, 4) is 11.1 Å². The van der Waals surface area contributed by atoms with Gasteiger partial charge in [0.05, 0.1) is 17.5 Å². The number of ether oxygens (including phenoxy) is 1. The van der Waals surface area contributed by atoms with Crippen LogP contribution in [0.2, 0.25) is 10.0 Å². The Morgan fingerprint density at radius 1 is 1.14 bits per heavy atom. The summed E-state index contributed by atoms with van der Waals surface area (Å²) in [5, 5.41) is 11.8. The SMILES string of the molecule is Cc1ccc2c(-c3ccc(Cl)cc3Cl)c(CC(=O)OCC(C)(C)O)c(C)cc2n1. The van der Waals surface area contributed by atoms with E-state index in [2.05, 4.69) is 4.98 Å². The molecule has 29 heavy (non-hydrogen) atoms. The van der Waals surface area contributed by atoms with E-state index in [4.69, 9.17) is 27.9 Å². The maximum atomic E-state index is 12.5. The van der Waals surface area contributed by atoms with E-state index < -0.39 is 11.6 Å². The van der Waals surface area contributed by atoms with Crippen LogP contribution in [0.25, 0.3) is 22.0 Å². The van der Waals surface area contributed by atoms with Gasteiger partial charge in [0.2, 0.25) is 0 Å². The minimum absolute atomic E-state index is 0.0556. The van der Waals surface area contributed by atoms with Crippen molar-refractivity contribution in [3.63, 3.8) is 0 Å². The van der Waals surface area contributed by atoms with Gasteiger partial charge in [-0.3, -0.25) is 9.78 Å². The number of hydrogen-bond acceptors (Lipinski definition) is 4. The first-order valence-corrected chi connectivity index (χ1v) is 10.0. The number of esters is 1. The van der Waals surface area contributed by atoms with Gasteiger partial charge in [-0.1, -0.05) is 35.3 Å². The van der Waals surface area contributed by atoms with E-state index in [1.807, 2.05) is 38.1 Å². The number of carbonyl (C=O) groups excluding carboxylic acids is 1. The second-order valence-electron chi connectivity index (χ2n) is 7.84. The lowest BCUT2D eigenvalue weighted by molar-refractivity contribution is -0.149. The molecule has 0 atom stereocenters. The lowest BCUT2D eigenvalue weighted by Gasteiger charge is -2.19. The fraction of sp³-hybridized carbons (Fsp3) is 0.304. The van der Waals surface area contributed by atoms with Crippen LogP contribution in [-0.2, 0) is 16.0 Å². The van der Waals surface area contributed by atoms with E-state index >= 15 is 0 Å². The van der Waals surface area contributed by atoms with Crippen LogP contribution in [0.15, 0.2) is 36.4 Å². The summed E-state index contributed by atoms with van der Waals surface area (Å²) >= 11 is 12.6. The van der Waals surface area contributed by atoms with Crippen LogP contribution in [0.1, 0.15) is 30.7 Å². The third kappa shape index (κ3) is 5.08. The number of pyridine rings is 1. The van der Waals surface area contributed by atoms with Crippen molar-refractivity contribution in [1.82, 2.24) is 4.98 Å². The molecule has 6 heteroatoms. The van der Waals surface area contributed by atoms with Crippen molar-refractivity contribution in [2.24, 2.45) is 0 Å². The lowest BCUT2D eigenvalue weighted by atomic mass is 9.90. The molecule has 0 bridgehead atoms. The van der Waals surface area contributed by atoms with E-state index in [-0.39, 0.29) is 13.0 Å². The largest absolute Gasteiger partial charge is 0.462 e. The van der Waals surface area contributed by atoms with Gasteiger partial charge in [0.15, 0.2) is 0 Å². The molecule has 0 amide bonds. The zero-order valence-electron chi connectivity index (χ0n) is 16.8. The Morgan fingerprint density at radius 2 is 1.86 bits per heavy atom. The molecule has 0 spiro atoms. The van der Waals surface area contributed by atoms with E-state index in [1.54, 1.807) is 26.0 Å². The van der Waals surface area contributed by atoms with Gasteiger partial charge in [0, 0.05) is 26.7 Å². The van der Waals surface area contributed by atoms with Gasteiger partial charge < -0.3 is 9.84 Å². The minimum Gasteiger partial charge on any atom is -0.462 e. The predicted molar refractivity (Wildman–Crippen MR) is 118 cm³/mol. The van der Waals surface area contributed by atoms with Gasteiger partial charge in [-0.15, -0.1) is 0 Å². The molecule has 3 aromatic rings. The molecule has 0 saturated carbocycles. The first kappa shape index (κ1) is 21.6. The fourth-order valence-electron chi connectivity index (χ4n) is 3.23. The van der Waals surface area contributed by atoms with Crippen LogP contribution in [0.5, 0.6) is 0 Å². The molecule has 2 aromatic carbocycles. The maximum absolute atomic E-state index is 12.5. The summed E-state index contributed by atoms with van der Waals surface area (Å²) in [7, 11) is 0. The van der Waals surface area contributed by atoms with Crippen molar-refractivity contribution >= 4 is 40.1 Å². The Bertz CT molecular complexity index is 1090. The van der Waals surface area contributed by atoms with E-state index in [1.165, 1.54) is 0 Å². The van der Waals surface area contributed by atoms with Crippen molar-refractivity contribution < 1.29 is 14.6 Å². The monoisotopic (exact) mass is 431 g/mol. The van der Waals surface area contributed by atoms with Crippen LogP contribution in [-0.4, -0.2) is 28.3 Å². The molecule has 4 nitrogen and oxygen atoms in total. The van der Waals surface area contributed by atoms with Gasteiger partial charge in [-0.25, -0.2) is 0 Å². The van der Waals surface area contributed by atoms with Crippen molar-refractivity contribution in [1.29, 1.82) is 0 Å². The molecule has 1 aromatic heterocycles. The van der Waals surface area contributed by atoms with Gasteiger partial charge in [0.1, 0.15) is 6.61 Å². The summed E-state index contributed by atoms with van der Waals surface area (Å²) in [5.41, 5.74) is 4.00. The standard InChI is InChI=1S/C23H23Cl2NO3/c1-13-9-20-17(7-5-14(2)26-20)22(16-8-6-15(24)10-19(16)25)18(13)11-21(27)29-12-23(3,4)28/h5-10,28H,11-12H2,1-4H3. The number of nitrogens with zero attached hydrogens (tertiary/aromatic N) is 1. The molecule has 0 aliphatic rings. The van der Waals surface area contributed by atoms with Crippen LogP contribution in [0.4, 0.5) is 0 Å². The van der Waals surface area contributed by atoms with Crippen LogP contribution < -0.4 is 0 Å². The van der Waals surface area contributed by atoms with Crippen LogP contribution >= 0.6 is 23.2 Å². The molecule has 1 N–H and O–H groups in total. The number of carbonyl (C=O) groups is 1. The van der Waals surface area contributed by atoms with Gasteiger partial charge >= 0.3 is 5.97 Å². The Hall–Kier alpha value is -2.14. The number of hydrogen-bond donors (Lipinski definition) is 1. The van der Waals surface area contributed by atoms with Gasteiger partial charge in [-0.2, -0.15) is 0 Å². The van der Waals surface area contributed by atoms with Crippen LogP contribution in [0, 0.1) is 13.8 Å². The molecular weight excluding hydrogens is 409 g/mol. The van der Waals surface area contributed by atoms with Crippen molar-refractivity contribution in [3.05, 3.63) is 63.3 Å². The summed E-state index contributed by atoms with van der Waals surface area (Å²) in [6.45, 7) is 6.99. The minimum atomic E-state index is -1.09. The molecule has 152 valence electrons. The molecule has 0 radical (unpaired) electrons. The number of aliphatic hydroxyl groups is 1. The maximum Gasteiger partial charge on any atom is 0.310 e. The summed E-state index contributed by atoms with van der Waals surface area (Å²) in [5.74, 6) is -0.416. The second-order valence-corrected chi connectivity index (χ2v) is 8.68. The number of aromatic nitrogens is 1. The second kappa shape index (κ2) is 8.31. The number of halogens is 2. The predicted octanol–water partition coefficient (Wildman–Crippen LogP) is 5.68. The first-order chi connectivity index (χ1) is 13.5. The Labute approximate surface area is 180 Å². The topological polar surface area (TPSA) is 59.4 Å². The quantitative estimate of drug-likeness (QED) is 0.527. The molecule has 0 saturated heterocycles. The third-order valence-electron chi connectivity index (χ3n) is 4.57. The molecular formula is C23H23Cl2NO3. The number of fused-ring (bicyclic) bond motifs is 1. The summed E-state index contributed by atoms with van der Waals surface area (Å²) in [6, 6.07) is 11.2. The third-order valence-corrected chi connectivity index (χ3v) is 5.12. The zero-order valence-corrected chi connectivity index (χ0v) is 18.4. The number of rotatable bonds is 5. The zero-order chi connectivity index (χ0) is 21.3. The highest BCUT2D eigenvalue weighted by molar-refractivity contribution is 6.36. The highest BCUT2D eigenvalue weighted by atomic mass is 35.5. The Balaban J connectivity index is 2.17. The Kier molecular flexibility index (Phi) is 6.18. The van der Waals surface area contributed by atoms with Crippen molar-refractivity contribution in [2.75, 3.05) is 6.61 Å². The molecule has 0 aliphatic carbocycles.